The Morgan fingerprint density at radius 2 is 0.920 bits per heavy atom. The van der Waals surface area contributed by atoms with Gasteiger partial charge >= 0.3 is 6.18 Å². The number of benzene rings is 6. The van der Waals surface area contributed by atoms with E-state index in [0.717, 1.165) is 71.9 Å². The van der Waals surface area contributed by atoms with E-state index in [0.29, 0.717) is 16.9 Å². The molecule has 4 nitrogen and oxygen atoms in total. The van der Waals surface area contributed by atoms with Gasteiger partial charge in [0.15, 0.2) is 0 Å². The van der Waals surface area contributed by atoms with Crippen LogP contribution in [0, 0.1) is 50.4 Å². The lowest BCUT2D eigenvalue weighted by Crippen LogP contribution is -2.09. The van der Waals surface area contributed by atoms with Crippen molar-refractivity contribution in [2.45, 2.75) is 33.9 Å². The first-order chi connectivity index (χ1) is 24.0. The highest BCUT2D eigenvalue weighted by atomic mass is 19.4. The van der Waals surface area contributed by atoms with Crippen LogP contribution in [-0.2, 0) is 6.18 Å². The molecule has 0 atom stereocenters. The fourth-order valence-electron chi connectivity index (χ4n) is 7.77. The maximum atomic E-state index is 14.8. The van der Waals surface area contributed by atoms with E-state index in [1.54, 1.807) is 12.1 Å². The quantitative estimate of drug-likeness (QED) is 0.190. The molecule has 0 saturated carbocycles. The van der Waals surface area contributed by atoms with Gasteiger partial charge in [0, 0.05) is 21.5 Å². The number of fused-ring (bicyclic) bond motifs is 6. The van der Waals surface area contributed by atoms with Crippen molar-refractivity contribution in [2.24, 2.45) is 0 Å². The Bertz CT molecular complexity index is 2550. The molecule has 242 valence electrons. The summed E-state index contributed by atoms with van der Waals surface area (Å²) in [4.78, 5) is 0. The standard InChI is InChI=1S/C43H29F3N4/c1-24-9-5-13-33-39(24)40-25(2)10-6-14-34(40)49(33)37-20-29(30-18-17-28(22-47)19-32(30)43(44,45)46)21-38(31(37)23-48)50-35-15-7-11-26(3)41(35)42-27(4)12-8-16-36(42)50/h5-21H,1-4H3. The van der Waals surface area contributed by atoms with E-state index in [2.05, 4.69) is 6.07 Å². The van der Waals surface area contributed by atoms with Crippen molar-refractivity contribution in [3.63, 3.8) is 0 Å². The maximum Gasteiger partial charge on any atom is 0.417 e. The van der Waals surface area contributed by atoms with Crippen LogP contribution in [-0.4, -0.2) is 9.13 Å². The predicted molar refractivity (Wildman–Crippen MR) is 194 cm³/mol. The van der Waals surface area contributed by atoms with Gasteiger partial charge < -0.3 is 9.13 Å². The normalized spacial score (nSPS) is 11.9. The lowest BCUT2D eigenvalue weighted by atomic mass is 9.94. The van der Waals surface area contributed by atoms with Crippen molar-refractivity contribution in [3.05, 3.63) is 142 Å². The number of nitriles is 2. The third-order valence-electron chi connectivity index (χ3n) is 9.92. The van der Waals surface area contributed by atoms with Gasteiger partial charge in [0.05, 0.1) is 50.6 Å². The molecule has 0 aliphatic carbocycles. The van der Waals surface area contributed by atoms with Gasteiger partial charge in [0.25, 0.3) is 0 Å². The molecular weight excluding hydrogens is 629 g/mol. The van der Waals surface area contributed by atoms with Crippen molar-refractivity contribution in [3.8, 4) is 34.6 Å². The van der Waals surface area contributed by atoms with E-state index in [9.17, 15) is 23.7 Å². The van der Waals surface area contributed by atoms with Crippen molar-refractivity contribution in [2.75, 3.05) is 0 Å². The molecule has 6 aromatic carbocycles. The highest BCUT2D eigenvalue weighted by Crippen LogP contribution is 2.44. The van der Waals surface area contributed by atoms with E-state index in [1.807, 2.05) is 116 Å². The fraction of sp³-hybridized carbons (Fsp3) is 0.116. The molecule has 0 spiro atoms. The molecule has 0 unspecified atom stereocenters. The zero-order valence-corrected chi connectivity index (χ0v) is 27.7. The molecule has 50 heavy (non-hydrogen) atoms. The number of rotatable bonds is 3. The summed E-state index contributed by atoms with van der Waals surface area (Å²) in [5, 5.41) is 24.7. The summed E-state index contributed by atoms with van der Waals surface area (Å²) in [6.45, 7) is 8.17. The summed E-state index contributed by atoms with van der Waals surface area (Å²) in [6, 6.07) is 35.3. The Hall–Kier alpha value is -6.31. The van der Waals surface area contributed by atoms with Crippen LogP contribution in [0.15, 0.2) is 103 Å². The van der Waals surface area contributed by atoms with E-state index in [4.69, 9.17) is 0 Å². The van der Waals surface area contributed by atoms with Crippen LogP contribution in [0.25, 0.3) is 66.1 Å². The first kappa shape index (κ1) is 31.0. The summed E-state index contributed by atoms with van der Waals surface area (Å²) in [5.41, 5.74) is 8.03. The minimum atomic E-state index is -4.74. The van der Waals surface area contributed by atoms with Crippen LogP contribution in [0.1, 0.15) is 38.9 Å². The second-order valence-electron chi connectivity index (χ2n) is 12.9. The van der Waals surface area contributed by atoms with Gasteiger partial charge in [0.2, 0.25) is 0 Å². The lowest BCUT2D eigenvalue weighted by Gasteiger charge is -2.20. The molecular formula is C43H29F3N4. The summed E-state index contributed by atoms with van der Waals surface area (Å²) >= 11 is 0. The van der Waals surface area contributed by atoms with E-state index >= 15 is 0 Å². The average Bonchev–Trinajstić information content (AvgIpc) is 3.63. The number of aryl methyl sites for hydroxylation is 4. The minimum absolute atomic E-state index is 0.0789. The second-order valence-corrected chi connectivity index (χ2v) is 12.9. The highest BCUT2D eigenvalue weighted by Gasteiger charge is 2.35. The lowest BCUT2D eigenvalue weighted by molar-refractivity contribution is -0.137. The topological polar surface area (TPSA) is 57.4 Å². The van der Waals surface area contributed by atoms with Crippen molar-refractivity contribution in [1.82, 2.24) is 9.13 Å². The van der Waals surface area contributed by atoms with E-state index in [-0.39, 0.29) is 16.7 Å². The van der Waals surface area contributed by atoms with Crippen molar-refractivity contribution >= 4 is 43.6 Å². The first-order valence-electron chi connectivity index (χ1n) is 16.2. The summed E-state index contributed by atoms with van der Waals surface area (Å²) in [6.07, 6.45) is -4.74. The largest absolute Gasteiger partial charge is 0.417 e. The van der Waals surface area contributed by atoms with Crippen LogP contribution in [0.5, 0.6) is 0 Å². The molecule has 0 saturated heterocycles. The maximum absolute atomic E-state index is 14.8. The zero-order chi connectivity index (χ0) is 35.1. The molecule has 8 rings (SSSR count). The van der Waals surface area contributed by atoms with Gasteiger partial charge in [-0.25, -0.2) is 0 Å². The Balaban J connectivity index is 1.61. The van der Waals surface area contributed by atoms with E-state index < -0.39 is 11.7 Å². The van der Waals surface area contributed by atoms with Gasteiger partial charge in [-0.3, -0.25) is 0 Å². The molecule has 0 N–H and O–H groups in total. The SMILES string of the molecule is Cc1cccc2c1c1c(C)cccc1n2-c1cc(-c2ccc(C#N)cc2C(F)(F)F)cc(-n2c3cccc(C)c3c3c(C)cccc32)c1C#N. The number of hydrogen-bond acceptors (Lipinski definition) is 2. The average molecular weight is 659 g/mol. The number of aromatic nitrogens is 2. The van der Waals surface area contributed by atoms with Gasteiger partial charge in [-0.15, -0.1) is 0 Å². The first-order valence-corrected chi connectivity index (χ1v) is 16.2. The van der Waals surface area contributed by atoms with Crippen LogP contribution in [0.4, 0.5) is 13.2 Å². The number of halogens is 3. The van der Waals surface area contributed by atoms with Crippen LogP contribution in [0.2, 0.25) is 0 Å². The Kier molecular flexibility index (Phi) is 6.89. The van der Waals surface area contributed by atoms with Crippen LogP contribution >= 0.6 is 0 Å². The van der Waals surface area contributed by atoms with Gasteiger partial charge in [-0.2, -0.15) is 23.7 Å². The molecule has 0 fully saturated rings. The number of hydrogen-bond donors (Lipinski definition) is 0. The van der Waals surface area contributed by atoms with Gasteiger partial charge in [-0.05, 0) is 110 Å². The molecule has 0 radical (unpaired) electrons. The van der Waals surface area contributed by atoms with Crippen LogP contribution < -0.4 is 0 Å². The molecule has 2 aromatic heterocycles. The summed E-state index contributed by atoms with van der Waals surface area (Å²) in [7, 11) is 0. The molecule has 0 bridgehead atoms. The third-order valence-corrected chi connectivity index (χ3v) is 9.92. The second kappa shape index (κ2) is 11.1. The number of alkyl halides is 3. The monoisotopic (exact) mass is 658 g/mol. The fourth-order valence-corrected chi connectivity index (χ4v) is 7.77. The molecule has 0 aliphatic heterocycles. The molecule has 0 amide bonds. The van der Waals surface area contributed by atoms with Gasteiger partial charge in [-0.1, -0.05) is 54.6 Å². The predicted octanol–water partition coefficient (Wildman–Crippen LogP) is 11.5. The Labute approximate surface area is 286 Å². The summed E-state index contributed by atoms with van der Waals surface area (Å²) in [5.74, 6) is 0. The van der Waals surface area contributed by atoms with E-state index in [1.165, 1.54) is 12.1 Å². The van der Waals surface area contributed by atoms with Crippen molar-refractivity contribution < 1.29 is 13.2 Å². The van der Waals surface area contributed by atoms with Gasteiger partial charge in [0.1, 0.15) is 11.6 Å². The third kappa shape index (κ3) is 4.44. The smallest absolute Gasteiger partial charge is 0.308 e. The Morgan fingerprint density at radius 1 is 0.520 bits per heavy atom. The number of nitrogens with zero attached hydrogens (tertiary/aromatic N) is 4. The van der Waals surface area contributed by atoms with Crippen molar-refractivity contribution in [1.29, 1.82) is 10.5 Å². The summed E-state index contributed by atoms with van der Waals surface area (Å²) < 4.78 is 48.4. The molecule has 8 aromatic rings. The molecule has 7 heteroatoms. The highest BCUT2D eigenvalue weighted by molar-refractivity contribution is 6.14. The zero-order valence-electron chi connectivity index (χ0n) is 27.7. The molecule has 2 heterocycles. The molecule has 0 aliphatic rings. The Morgan fingerprint density at radius 3 is 1.26 bits per heavy atom. The minimum Gasteiger partial charge on any atom is -0.308 e. The van der Waals surface area contributed by atoms with Crippen LogP contribution in [0.3, 0.4) is 0 Å².